The standard InChI is InChI=1S/C11H16OS.Na/c1-9-3-5-10(6-4-9)7-11(2,12)8-13;/h3-6,12-13H,7-8H2,1-2H3;/q;+1/p-1. The van der Waals surface area contributed by atoms with Gasteiger partial charge in [-0.2, -0.15) is 0 Å². The molecule has 1 atom stereocenters. The van der Waals surface area contributed by atoms with Crippen LogP contribution in [0.1, 0.15) is 18.1 Å². The summed E-state index contributed by atoms with van der Waals surface area (Å²) in [5, 5.41) is 9.74. The average molecular weight is 218 g/mol. The molecule has 1 unspecified atom stereocenters. The predicted molar refractivity (Wildman–Crippen MR) is 57.7 cm³/mol. The molecule has 1 aromatic rings. The summed E-state index contributed by atoms with van der Waals surface area (Å²) in [7, 11) is 0. The van der Waals surface area contributed by atoms with Crippen LogP contribution >= 0.6 is 0 Å². The van der Waals surface area contributed by atoms with E-state index in [2.05, 4.69) is 19.1 Å². The molecular weight excluding hydrogens is 203 g/mol. The molecule has 1 aromatic carbocycles. The second kappa shape index (κ2) is 6.19. The van der Waals surface area contributed by atoms with Gasteiger partial charge in [-0.1, -0.05) is 29.8 Å². The molecule has 14 heavy (non-hydrogen) atoms. The summed E-state index contributed by atoms with van der Waals surface area (Å²) >= 11 is 4.86. The van der Waals surface area contributed by atoms with E-state index in [1.165, 1.54) is 5.56 Å². The molecule has 0 radical (unpaired) electrons. The van der Waals surface area contributed by atoms with E-state index in [1.807, 2.05) is 12.1 Å². The third-order valence-electron chi connectivity index (χ3n) is 2.02. The Morgan fingerprint density at radius 3 is 2.21 bits per heavy atom. The van der Waals surface area contributed by atoms with Crippen LogP contribution < -0.4 is 29.6 Å². The zero-order valence-electron chi connectivity index (χ0n) is 9.08. The molecule has 72 valence electrons. The summed E-state index contributed by atoms with van der Waals surface area (Å²) < 4.78 is 0. The first-order valence-electron chi connectivity index (χ1n) is 4.39. The van der Waals surface area contributed by atoms with Gasteiger partial charge in [-0.25, -0.2) is 0 Å². The van der Waals surface area contributed by atoms with Gasteiger partial charge < -0.3 is 17.7 Å². The van der Waals surface area contributed by atoms with Gasteiger partial charge in [0.1, 0.15) is 0 Å². The minimum absolute atomic E-state index is 0. The Kier molecular flexibility index (Phi) is 6.42. The molecule has 0 aliphatic heterocycles. The van der Waals surface area contributed by atoms with Crippen molar-refractivity contribution in [2.24, 2.45) is 0 Å². The monoisotopic (exact) mass is 218 g/mol. The van der Waals surface area contributed by atoms with Crippen LogP contribution in [0.25, 0.3) is 0 Å². The van der Waals surface area contributed by atoms with E-state index >= 15 is 0 Å². The fourth-order valence-electron chi connectivity index (χ4n) is 1.20. The molecule has 0 aliphatic carbocycles. The zero-order chi connectivity index (χ0) is 9.90. The molecule has 0 bridgehead atoms. The maximum Gasteiger partial charge on any atom is 1.00 e. The maximum absolute atomic E-state index is 9.74. The molecule has 0 aliphatic rings. The Hall–Kier alpha value is 0.530. The molecule has 0 spiro atoms. The second-order valence-electron chi connectivity index (χ2n) is 3.80. The van der Waals surface area contributed by atoms with E-state index in [9.17, 15) is 5.11 Å². The smallest absolute Gasteiger partial charge is 0.790 e. The average Bonchev–Trinajstić information content (AvgIpc) is 2.09. The molecule has 3 heteroatoms. The van der Waals surface area contributed by atoms with Crippen molar-refractivity contribution in [1.82, 2.24) is 0 Å². The number of benzene rings is 1. The minimum Gasteiger partial charge on any atom is -0.790 e. The molecule has 0 heterocycles. The van der Waals surface area contributed by atoms with Crippen molar-refractivity contribution in [3.8, 4) is 0 Å². The van der Waals surface area contributed by atoms with Gasteiger partial charge in [0.15, 0.2) is 0 Å². The van der Waals surface area contributed by atoms with Gasteiger partial charge in [0.05, 0.1) is 0 Å². The van der Waals surface area contributed by atoms with Crippen LogP contribution in [0.3, 0.4) is 0 Å². The fraction of sp³-hybridized carbons (Fsp3) is 0.455. The number of rotatable bonds is 3. The van der Waals surface area contributed by atoms with Crippen molar-refractivity contribution < 1.29 is 34.7 Å². The Morgan fingerprint density at radius 1 is 1.29 bits per heavy atom. The summed E-state index contributed by atoms with van der Waals surface area (Å²) in [6.45, 7) is 3.83. The summed E-state index contributed by atoms with van der Waals surface area (Å²) in [6, 6.07) is 8.17. The Labute approximate surface area is 114 Å². The van der Waals surface area contributed by atoms with Gasteiger partial charge in [-0.15, -0.1) is 5.75 Å². The molecule has 1 nitrogen and oxygen atoms in total. The molecule has 0 aromatic heterocycles. The third-order valence-corrected chi connectivity index (χ3v) is 2.64. The SMILES string of the molecule is Cc1ccc(CC(C)(O)C[S-])cc1.[Na+]. The van der Waals surface area contributed by atoms with Crippen LogP contribution in [0.5, 0.6) is 0 Å². The van der Waals surface area contributed by atoms with Crippen molar-refractivity contribution in [1.29, 1.82) is 0 Å². The summed E-state index contributed by atoms with van der Waals surface area (Å²) in [5.41, 5.74) is 1.63. The first kappa shape index (κ1) is 14.5. The predicted octanol–water partition coefficient (Wildman–Crippen LogP) is -1.16. The van der Waals surface area contributed by atoms with Gasteiger partial charge in [-0.05, 0) is 25.8 Å². The number of hydrogen-bond acceptors (Lipinski definition) is 2. The largest absolute Gasteiger partial charge is 1.00 e. The molecule has 0 saturated carbocycles. The number of aliphatic hydroxyl groups is 1. The van der Waals surface area contributed by atoms with Crippen molar-refractivity contribution in [3.63, 3.8) is 0 Å². The summed E-state index contributed by atoms with van der Waals surface area (Å²) in [5.74, 6) is 0.376. The number of hydrogen-bond donors (Lipinski definition) is 1. The van der Waals surface area contributed by atoms with Gasteiger partial charge >= 0.3 is 29.6 Å². The van der Waals surface area contributed by atoms with Crippen LogP contribution in [0, 0.1) is 6.92 Å². The zero-order valence-corrected chi connectivity index (χ0v) is 11.9. The van der Waals surface area contributed by atoms with Crippen LogP contribution in [-0.4, -0.2) is 16.5 Å². The second-order valence-corrected chi connectivity index (χ2v) is 4.09. The summed E-state index contributed by atoms with van der Waals surface area (Å²) in [4.78, 5) is 0. The summed E-state index contributed by atoms with van der Waals surface area (Å²) in [6.07, 6.45) is 0.636. The van der Waals surface area contributed by atoms with Crippen molar-refractivity contribution >= 4 is 12.6 Å². The van der Waals surface area contributed by atoms with Gasteiger partial charge in [0.2, 0.25) is 0 Å². The van der Waals surface area contributed by atoms with Crippen molar-refractivity contribution in [2.75, 3.05) is 5.75 Å². The van der Waals surface area contributed by atoms with E-state index in [4.69, 9.17) is 12.6 Å². The van der Waals surface area contributed by atoms with Crippen LogP contribution in [0.4, 0.5) is 0 Å². The van der Waals surface area contributed by atoms with E-state index in [-0.39, 0.29) is 29.6 Å². The molecule has 0 amide bonds. The maximum atomic E-state index is 9.74. The fourth-order valence-corrected chi connectivity index (χ4v) is 1.30. The minimum atomic E-state index is -0.745. The molecule has 0 saturated heterocycles. The Bertz CT molecular complexity index is 269. The Morgan fingerprint density at radius 2 is 1.79 bits per heavy atom. The molecule has 0 fully saturated rings. The molecule has 1 rings (SSSR count). The van der Waals surface area contributed by atoms with E-state index in [0.29, 0.717) is 12.2 Å². The number of aryl methyl sites for hydroxylation is 1. The van der Waals surface area contributed by atoms with Crippen LogP contribution in [0.15, 0.2) is 24.3 Å². The van der Waals surface area contributed by atoms with Gasteiger partial charge in [0, 0.05) is 5.60 Å². The Balaban J connectivity index is 0.00000169. The van der Waals surface area contributed by atoms with Gasteiger partial charge in [0.25, 0.3) is 0 Å². The van der Waals surface area contributed by atoms with E-state index < -0.39 is 5.60 Å². The topological polar surface area (TPSA) is 20.2 Å². The first-order valence-corrected chi connectivity index (χ1v) is 4.97. The molecule has 1 N–H and O–H groups in total. The van der Waals surface area contributed by atoms with Crippen molar-refractivity contribution in [2.45, 2.75) is 25.9 Å². The van der Waals surface area contributed by atoms with E-state index in [1.54, 1.807) is 6.92 Å². The normalized spacial score (nSPS) is 14.3. The van der Waals surface area contributed by atoms with Crippen LogP contribution in [-0.2, 0) is 19.0 Å². The van der Waals surface area contributed by atoms with Crippen molar-refractivity contribution in [3.05, 3.63) is 35.4 Å². The van der Waals surface area contributed by atoms with Crippen LogP contribution in [0.2, 0.25) is 0 Å². The van der Waals surface area contributed by atoms with Gasteiger partial charge in [-0.3, -0.25) is 0 Å². The van der Waals surface area contributed by atoms with E-state index in [0.717, 1.165) is 5.56 Å². The first-order chi connectivity index (χ1) is 6.03. The quantitative estimate of drug-likeness (QED) is 0.510. The third kappa shape index (κ3) is 4.85. The molecular formula is C11H15NaOS.